The van der Waals surface area contributed by atoms with Crippen molar-refractivity contribution in [3.05, 3.63) is 53.2 Å². The topological polar surface area (TPSA) is 84.2 Å². The molecule has 2 aromatic carbocycles. The molecule has 0 unspecified atom stereocenters. The standard InChI is InChI=1S/C19H19N3O3/c1-11-8-12(2)19-16(22-25-17(19)9-11)10-18(24)21-15-6-4-14(5-7-15)20-13(3)23/h4-9H,10H2,1-3H3,(H,20,23)(H,21,24). The summed E-state index contributed by atoms with van der Waals surface area (Å²) in [4.78, 5) is 23.3. The summed E-state index contributed by atoms with van der Waals surface area (Å²) in [6, 6.07) is 10.9. The third-order valence-corrected chi connectivity index (χ3v) is 3.80. The van der Waals surface area contributed by atoms with Crippen LogP contribution in [-0.4, -0.2) is 17.0 Å². The lowest BCUT2D eigenvalue weighted by atomic mass is 10.0. The average Bonchev–Trinajstić information content (AvgIpc) is 2.91. The van der Waals surface area contributed by atoms with Gasteiger partial charge in [0.1, 0.15) is 5.69 Å². The van der Waals surface area contributed by atoms with E-state index in [0.29, 0.717) is 22.7 Å². The third kappa shape index (κ3) is 3.85. The van der Waals surface area contributed by atoms with E-state index in [-0.39, 0.29) is 18.2 Å². The van der Waals surface area contributed by atoms with Crippen LogP contribution in [0.1, 0.15) is 23.7 Å². The van der Waals surface area contributed by atoms with Crippen LogP contribution >= 0.6 is 0 Å². The molecule has 3 rings (SSSR count). The summed E-state index contributed by atoms with van der Waals surface area (Å²) >= 11 is 0. The van der Waals surface area contributed by atoms with Crippen LogP contribution in [0.25, 0.3) is 11.0 Å². The molecule has 0 aliphatic carbocycles. The molecule has 1 heterocycles. The highest BCUT2D eigenvalue weighted by Gasteiger charge is 2.15. The summed E-state index contributed by atoms with van der Waals surface area (Å²) in [5, 5.41) is 10.4. The van der Waals surface area contributed by atoms with Gasteiger partial charge in [0.15, 0.2) is 5.58 Å². The Morgan fingerprint density at radius 2 is 1.68 bits per heavy atom. The number of carbonyl (C=O) groups is 2. The second-order valence-electron chi connectivity index (χ2n) is 6.07. The molecule has 0 aliphatic rings. The SMILES string of the molecule is CC(=O)Nc1ccc(NC(=O)Cc2noc3cc(C)cc(C)c23)cc1. The van der Waals surface area contributed by atoms with Gasteiger partial charge in [-0.3, -0.25) is 9.59 Å². The molecule has 3 aromatic rings. The molecule has 1 aromatic heterocycles. The zero-order valence-corrected chi connectivity index (χ0v) is 14.3. The van der Waals surface area contributed by atoms with Crippen LogP contribution in [0.15, 0.2) is 40.9 Å². The predicted molar refractivity (Wildman–Crippen MR) is 96.6 cm³/mol. The molecule has 128 valence electrons. The number of aryl methyl sites for hydroxylation is 2. The molecule has 0 spiro atoms. The van der Waals surface area contributed by atoms with Crippen LogP contribution in [0.2, 0.25) is 0 Å². The summed E-state index contributed by atoms with van der Waals surface area (Å²) < 4.78 is 5.34. The molecule has 0 bridgehead atoms. The highest BCUT2D eigenvalue weighted by Crippen LogP contribution is 2.24. The molecule has 0 saturated heterocycles. The Kier molecular flexibility index (Phi) is 4.52. The van der Waals surface area contributed by atoms with E-state index in [1.165, 1.54) is 6.92 Å². The van der Waals surface area contributed by atoms with E-state index in [2.05, 4.69) is 15.8 Å². The zero-order chi connectivity index (χ0) is 18.0. The summed E-state index contributed by atoms with van der Waals surface area (Å²) in [7, 11) is 0. The molecule has 0 fully saturated rings. The van der Waals surface area contributed by atoms with Crippen LogP contribution in [0.4, 0.5) is 11.4 Å². The first-order valence-corrected chi connectivity index (χ1v) is 7.95. The summed E-state index contributed by atoms with van der Waals surface area (Å²) in [5.74, 6) is -0.317. The molecule has 2 amide bonds. The predicted octanol–water partition coefficient (Wildman–Crippen LogP) is 3.58. The first-order valence-electron chi connectivity index (χ1n) is 7.95. The maximum atomic E-state index is 12.3. The molecular formula is C19H19N3O3. The lowest BCUT2D eigenvalue weighted by Gasteiger charge is -2.06. The number of nitrogens with zero attached hydrogens (tertiary/aromatic N) is 1. The van der Waals surface area contributed by atoms with Crippen LogP contribution in [0, 0.1) is 13.8 Å². The first kappa shape index (κ1) is 16.7. The lowest BCUT2D eigenvalue weighted by Crippen LogP contribution is -2.15. The van der Waals surface area contributed by atoms with Gasteiger partial charge in [0.2, 0.25) is 11.8 Å². The number of nitrogens with one attached hydrogen (secondary N) is 2. The number of anilines is 2. The molecule has 0 saturated carbocycles. The fourth-order valence-corrected chi connectivity index (χ4v) is 2.84. The van der Waals surface area contributed by atoms with Gasteiger partial charge in [-0.15, -0.1) is 0 Å². The Morgan fingerprint density at radius 1 is 1.04 bits per heavy atom. The Bertz CT molecular complexity index is 942. The highest BCUT2D eigenvalue weighted by atomic mass is 16.5. The number of fused-ring (bicyclic) bond motifs is 1. The molecule has 2 N–H and O–H groups in total. The highest BCUT2D eigenvalue weighted by molar-refractivity contribution is 5.96. The number of amides is 2. The van der Waals surface area contributed by atoms with Gasteiger partial charge in [-0.1, -0.05) is 11.2 Å². The molecule has 0 atom stereocenters. The third-order valence-electron chi connectivity index (χ3n) is 3.80. The van der Waals surface area contributed by atoms with Gasteiger partial charge in [0.05, 0.1) is 6.42 Å². The minimum atomic E-state index is -0.178. The van der Waals surface area contributed by atoms with E-state index in [1.54, 1.807) is 24.3 Å². The van der Waals surface area contributed by atoms with Gasteiger partial charge in [-0.2, -0.15) is 0 Å². The summed E-state index contributed by atoms with van der Waals surface area (Å²) in [6.07, 6.45) is 0.129. The number of benzene rings is 2. The Morgan fingerprint density at radius 3 is 2.32 bits per heavy atom. The average molecular weight is 337 g/mol. The van der Waals surface area contributed by atoms with Crippen molar-refractivity contribution < 1.29 is 14.1 Å². The smallest absolute Gasteiger partial charge is 0.230 e. The first-order chi connectivity index (χ1) is 11.9. The van der Waals surface area contributed by atoms with Crippen molar-refractivity contribution in [2.45, 2.75) is 27.2 Å². The fraction of sp³-hybridized carbons (Fsp3) is 0.211. The number of hydrogen-bond donors (Lipinski definition) is 2. The minimum Gasteiger partial charge on any atom is -0.356 e. The maximum Gasteiger partial charge on any atom is 0.230 e. The lowest BCUT2D eigenvalue weighted by molar-refractivity contribution is -0.116. The Labute approximate surface area is 145 Å². The Balaban J connectivity index is 1.72. The van der Waals surface area contributed by atoms with Crippen molar-refractivity contribution in [1.82, 2.24) is 5.16 Å². The number of rotatable bonds is 4. The normalized spacial score (nSPS) is 10.7. The van der Waals surface area contributed by atoms with Crippen molar-refractivity contribution >= 4 is 34.2 Å². The zero-order valence-electron chi connectivity index (χ0n) is 14.3. The Hall–Kier alpha value is -3.15. The van der Waals surface area contributed by atoms with E-state index in [4.69, 9.17) is 4.52 Å². The van der Waals surface area contributed by atoms with Crippen molar-refractivity contribution in [2.24, 2.45) is 0 Å². The number of hydrogen-bond acceptors (Lipinski definition) is 4. The van der Waals surface area contributed by atoms with E-state index in [0.717, 1.165) is 16.5 Å². The van der Waals surface area contributed by atoms with Crippen LogP contribution in [0.5, 0.6) is 0 Å². The van der Waals surface area contributed by atoms with E-state index >= 15 is 0 Å². The van der Waals surface area contributed by atoms with E-state index < -0.39 is 0 Å². The van der Waals surface area contributed by atoms with Crippen molar-refractivity contribution in [3.8, 4) is 0 Å². The fourth-order valence-electron chi connectivity index (χ4n) is 2.84. The minimum absolute atomic E-state index is 0.129. The molecule has 6 heteroatoms. The maximum absolute atomic E-state index is 12.3. The van der Waals surface area contributed by atoms with Gasteiger partial charge in [-0.05, 0) is 55.3 Å². The second-order valence-corrected chi connectivity index (χ2v) is 6.07. The van der Waals surface area contributed by atoms with E-state index in [9.17, 15) is 9.59 Å². The second kappa shape index (κ2) is 6.76. The van der Waals surface area contributed by atoms with Gasteiger partial charge < -0.3 is 15.2 Å². The molecule has 0 aliphatic heterocycles. The number of carbonyl (C=O) groups excluding carboxylic acids is 2. The number of aromatic nitrogens is 1. The van der Waals surface area contributed by atoms with Crippen molar-refractivity contribution in [3.63, 3.8) is 0 Å². The molecule has 25 heavy (non-hydrogen) atoms. The van der Waals surface area contributed by atoms with Crippen LogP contribution in [-0.2, 0) is 16.0 Å². The molecular weight excluding hydrogens is 318 g/mol. The summed E-state index contributed by atoms with van der Waals surface area (Å²) in [5.41, 5.74) is 4.79. The molecule has 6 nitrogen and oxygen atoms in total. The van der Waals surface area contributed by atoms with Crippen molar-refractivity contribution in [1.29, 1.82) is 0 Å². The quantitative estimate of drug-likeness (QED) is 0.762. The van der Waals surface area contributed by atoms with E-state index in [1.807, 2.05) is 26.0 Å². The van der Waals surface area contributed by atoms with Crippen LogP contribution < -0.4 is 10.6 Å². The molecule has 0 radical (unpaired) electrons. The largest absolute Gasteiger partial charge is 0.356 e. The van der Waals surface area contributed by atoms with Gasteiger partial charge >= 0.3 is 0 Å². The van der Waals surface area contributed by atoms with Gasteiger partial charge in [0.25, 0.3) is 0 Å². The van der Waals surface area contributed by atoms with Crippen molar-refractivity contribution in [2.75, 3.05) is 10.6 Å². The van der Waals surface area contributed by atoms with Crippen LogP contribution in [0.3, 0.4) is 0 Å². The van der Waals surface area contributed by atoms with Gasteiger partial charge in [-0.25, -0.2) is 0 Å². The summed E-state index contributed by atoms with van der Waals surface area (Å²) in [6.45, 7) is 5.42. The van der Waals surface area contributed by atoms with Gasteiger partial charge in [0, 0.05) is 23.7 Å². The monoisotopic (exact) mass is 337 g/mol.